The van der Waals surface area contributed by atoms with Crippen molar-refractivity contribution in [3.8, 4) is 0 Å². The Morgan fingerprint density at radius 1 is 0.914 bits per heavy atom. The van der Waals surface area contributed by atoms with Crippen LogP contribution in [0, 0.1) is 5.41 Å². The van der Waals surface area contributed by atoms with Crippen molar-refractivity contribution in [1.29, 1.82) is 0 Å². The summed E-state index contributed by atoms with van der Waals surface area (Å²) in [6.45, 7) is 8.82. The number of piperidine rings is 1. The van der Waals surface area contributed by atoms with Crippen molar-refractivity contribution < 1.29 is 9.53 Å². The smallest absolute Gasteiger partial charge is 0.146 e. The quantitative estimate of drug-likeness (QED) is 0.505. The molecule has 0 aromatic heterocycles. The minimum absolute atomic E-state index is 0.365. The van der Waals surface area contributed by atoms with E-state index in [9.17, 15) is 4.79 Å². The summed E-state index contributed by atoms with van der Waals surface area (Å²) in [5, 5.41) is 0. The van der Waals surface area contributed by atoms with E-state index >= 15 is 0 Å². The number of ether oxygens (including phenoxy) is 1. The number of benzene rings is 1. The molecule has 2 heterocycles. The molecule has 0 N–H and O–H groups in total. The predicted molar refractivity (Wildman–Crippen MR) is 145 cm³/mol. The Hall–Kier alpha value is -1.59. The van der Waals surface area contributed by atoms with Crippen LogP contribution in [0.4, 0.5) is 11.4 Å². The van der Waals surface area contributed by atoms with Crippen molar-refractivity contribution in [2.45, 2.75) is 89.6 Å². The third-order valence-corrected chi connectivity index (χ3v) is 9.81. The number of nitrogens with zero attached hydrogens (tertiary/aromatic N) is 3. The Balaban J connectivity index is 1.33. The topological polar surface area (TPSA) is 36.0 Å². The molecule has 2 saturated carbocycles. The van der Waals surface area contributed by atoms with Crippen molar-refractivity contribution in [3.05, 3.63) is 23.8 Å². The number of carbonyl (C=O) groups is 1. The standard InChI is InChI=1S/C30H47N3O2/c1-3-26(34)23-31-18-20-33(21-19-31)29-7-6-25(32-16-10-27(35-2)11-17-32)22-28(29)24-8-14-30(15-9-24)12-4-5-13-30/h6-7,22,24,27H,3-5,8-21,23H2,1-2H3. The summed E-state index contributed by atoms with van der Waals surface area (Å²) in [6.07, 6.45) is 14.7. The number of methoxy groups -OCH3 is 1. The van der Waals surface area contributed by atoms with Gasteiger partial charge >= 0.3 is 0 Å². The van der Waals surface area contributed by atoms with Crippen LogP contribution in [-0.4, -0.2) is 69.7 Å². The average Bonchev–Trinajstić information content (AvgIpc) is 3.37. The number of hydrogen-bond donors (Lipinski definition) is 0. The molecule has 1 aromatic carbocycles. The summed E-state index contributed by atoms with van der Waals surface area (Å²) < 4.78 is 5.62. The fourth-order valence-corrected chi connectivity index (χ4v) is 7.38. The molecular weight excluding hydrogens is 434 g/mol. The van der Waals surface area contributed by atoms with Crippen molar-refractivity contribution in [2.24, 2.45) is 5.41 Å². The van der Waals surface area contributed by atoms with Crippen LogP contribution in [0.5, 0.6) is 0 Å². The molecule has 4 fully saturated rings. The number of carbonyl (C=O) groups excluding carboxylic acids is 1. The van der Waals surface area contributed by atoms with E-state index < -0.39 is 0 Å². The lowest BCUT2D eigenvalue weighted by Crippen LogP contribution is -2.48. The molecule has 5 nitrogen and oxygen atoms in total. The van der Waals surface area contributed by atoms with Gasteiger partial charge in [0.15, 0.2) is 0 Å². The number of anilines is 2. The minimum atomic E-state index is 0.365. The second kappa shape index (κ2) is 11.2. The largest absolute Gasteiger partial charge is 0.381 e. The van der Waals surface area contributed by atoms with Crippen molar-refractivity contribution in [3.63, 3.8) is 0 Å². The molecule has 5 heteroatoms. The summed E-state index contributed by atoms with van der Waals surface area (Å²) in [7, 11) is 1.85. The lowest BCUT2D eigenvalue weighted by atomic mass is 9.68. The van der Waals surface area contributed by atoms with Gasteiger partial charge in [-0.1, -0.05) is 19.8 Å². The molecule has 4 aliphatic rings. The molecule has 0 atom stereocenters. The molecule has 0 unspecified atom stereocenters. The van der Waals surface area contributed by atoms with Gasteiger partial charge in [-0.2, -0.15) is 0 Å². The second-order valence-electron chi connectivity index (χ2n) is 11.8. The van der Waals surface area contributed by atoms with E-state index in [0.717, 1.165) is 52.1 Å². The third-order valence-electron chi connectivity index (χ3n) is 9.81. The fourth-order valence-electron chi connectivity index (χ4n) is 7.38. The van der Waals surface area contributed by atoms with Crippen LogP contribution in [0.1, 0.15) is 89.0 Å². The van der Waals surface area contributed by atoms with Crippen LogP contribution in [0.15, 0.2) is 18.2 Å². The van der Waals surface area contributed by atoms with Crippen LogP contribution >= 0.6 is 0 Å². The zero-order valence-electron chi connectivity index (χ0n) is 22.3. The van der Waals surface area contributed by atoms with Crippen LogP contribution in [0.25, 0.3) is 0 Å². The highest BCUT2D eigenvalue weighted by molar-refractivity contribution is 5.80. The van der Waals surface area contributed by atoms with Crippen LogP contribution in [0.3, 0.4) is 0 Å². The molecule has 1 aromatic rings. The van der Waals surface area contributed by atoms with E-state index in [1.807, 2.05) is 14.0 Å². The first-order chi connectivity index (χ1) is 17.1. The Kier molecular flexibility index (Phi) is 8.03. The SMILES string of the molecule is CCC(=O)CN1CCN(c2ccc(N3CCC(OC)CC3)cc2C2CCC3(CCCC3)CC2)CC1. The molecule has 0 radical (unpaired) electrons. The van der Waals surface area contributed by atoms with Gasteiger partial charge in [-0.05, 0) is 86.5 Å². The summed E-state index contributed by atoms with van der Waals surface area (Å²) in [4.78, 5) is 19.5. The molecule has 1 spiro atoms. The summed E-state index contributed by atoms with van der Waals surface area (Å²) in [5.74, 6) is 1.05. The Morgan fingerprint density at radius 3 is 2.23 bits per heavy atom. The van der Waals surface area contributed by atoms with Crippen LogP contribution in [0.2, 0.25) is 0 Å². The highest BCUT2D eigenvalue weighted by Gasteiger charge is 2.38. The molecule has 2 saturated heterocycles. The van der Waals surface area contributed by atoms with Gasteiger partial charge in [0.2, 0.25) is 0 Å². The lowest BCUT2D eigenvalue weighted by molar-refractivity contribution is -0.119. The summed E-state index contributed by atoms with van der Waals surface area (Å²) in [5.41, 5.74) is 5.15. The molecule has 0 bridgehead atoms. The van der Waals surface area contributed by atoms with Gasteiger partial charge in [0.25, 0.3) is 0 Å². The zero-order valence-corrected chi connectivity index (χ0v) is 22.3. The Morgan fingerprint density at radius 2 is 1.60 bits per heavy atom. The van der Waals surface area contributed by atoms with Gasteiger partial charge < -0.3 is 14.5 Å². The first-order valence-corrected chi connectivity index (χ1v) is 14.5. The highest BCUT2D eigenvalue weighted by Crippen LogP contribution is 2.53. The minimum Gasteiger partial charge on any atom is -0.381 e. The monoisotopic (exact) mass is 481 g/mol. The number of rotatable bonds is 7. The average molecular weight is 482 g/mol. The van der Waals surface area contributed by atoms with E-state index in [-0.39, 0.29) is 0 Å². The molecule has 5 rings (SSSR count). The van der Waals surface area contributed by atoms with E-state index in [0.29, 0.717) is 36.2 Å². The van der Waals surface area contributed by atoms with Crippen LogP contribution < -0.4 is 9.80 Å². The van der Waals surface area contributed by atoms with Gasteiger partial charge in [-0.3, -0.25) is 9.69 Å². The highest BCUT2D eigenvalue weighted by atomic mass is 16.5. The Bertz CT molecular complexity index is 839. The number of ketones is 1. The Labute approximate surface area is 213 Å². The van der Waals surface area contributed by atoms with Gasteiger partial charge in [0.05, 0.1) is 12.6 Å². The first kappa shape index (κ1) is 25.1. The first-order valence-electron chi connectivity index (χ1n) is 14.5. The lowest BCUT2D eigenvalue weighted by Gasteiger charge is -2.41. The van der Waals surface area contributed by atoms with Crippen molar-refractivity contribution in [2.75, 3.05) is 62.7 Å². The molecule has 194 valence electrons. The number of hydrogen-bond acceptors (Lipinski definition) is 5. The van der Waals surface area contributed by atoms with E-state index in [1.165, 1.54) is 62.7 Å². The normalized spacial score (nSPS) is 24.4. The number of piperazine rings is 1. The predicted octanol–water partition coefficient (Wildman–Crippen LogP) is 5.62. The van der Waals surface area contributed by atoms with Crippen molar-refractivity contribution >= 4 is 17.2 Å². The van der Waals surface area contributed by atoms with Gasteiger partial charge in [-0.25, -0.2) is 0 Å². The molecule has 0 amide bonds. The molecule has 2 aliphatic carbocycles. The molecule has 2 aliphatic heterocycles. The van der Waals surface area contributed by atoms with E-state index in [1.54, 1.807) is 5.56 Å². The maximum atomic E-state index is 12.0. The third kappa shape index (κ3) is 5.72. The summed E-state index contributed by atoms with van der Waals surface area (Å²) >= 11 is 0. The second-order valence-corrected chi connectivity index (χ2v) is 11.8. The molecular formula is C30H47N3O2. The van der Waals surface area contributed by atoms with Crippen LogP contribution in [-0.2, 0) is 9.53 Å². The van der Waals surface area contributed by atoms with Crippen molar-refractivity contribution in [1.82, 2.24) is 4.90 Å². The van der Waals surface area contributed by atoms with E-state index in [2.05, 4.69) is 32.9 Å². The number of Topliss-reactive ketones (excluding diaryl/α,β-unsaturated/α-hetero) is 1. The van der Waals surface area contributed by atoms with Gasteiger partial charge in [-0.15, -0.1) is 0 Å². The summed E-state index contributed by atoms with van der Waals surface area (Å²) in [6, 6.07) is 7.37. The molecule has 35 heavy (non-hydrogen) atoms. The zero-order chi connectivity index (χ0) is 24.3. The van der Waals surface area contributed by atoms with E-state index in [4.69, 9.17) is 4.74 Å². The van der Waals surface area contributed by atoms with Gasteiger partial charge in [0.1, 0.15) is 5.78 Å². The maximum Gasteiger partial charge on any atom is 0.146 e. The fraction of sp³-hybridized carbons (Fsp3) is 0.767. The van der Waals surface area contributed by atoms with Gasteiger partial charge in [0, 0.05) is 64.2 Å². The maximum absolute atomic E-state index is 12.0.